The smallest absolute Gasteiger partial charge is 0.255 e. The number of amides is 1. The minimum Gasteiger partial charge on any atom is -0.451 e. The van der Waals surface area contributed by atoms with E-state index in [1.807, 2.05) is 13.8 Å². The molecule has 2 aromatic rings. The second-order valence-electron chi connectivity index (χ2n) is 4.62. The van der Waals surface area contributed by atoms with Crippen LogP contribution < -0.4 is 16.4 Å². The summed E-state index contributed by atoms with van der Waals surface area (Å²) >= 11 is 0. The van der Waals surface area contributed by atoms with Crippen molar-refractivity contribution >= 4 is 17.4 Å². The predicted octanol–water partition coefficient (Wildman–Crippen LogP) is 1.40. The van der Waals surface area contributed by atoms with Gasteiger partial charge in [-0.15, -0.1) is 0 Å². The molecule has 2 heterocycles. The molecule has 0 fully saturated rings. The monoisotopic (exact) mass is 275 g/mol. The third-order valence-electron chi connectivity index (χ3n) is 2.53. The van der Waals surface area contributed by atoms with Crippen LogP contribution in [0.3, 0.4) is 0 Å². The molecule has 1 amide bonds. The average Bonchev–Trinajstić information content (AvgIpc) is 2.88. The fraction of sp³-hybridized carbons (Fsp3) is 0.308. The Labute approximate surface area is 116 Å². The summed E-state index contributed by atoms with van der Waals surface area (Å²) in [7, 11) is 0. The standard InChI is InChI=1S/C13H17N5O2/c1-8(2)18-11-3-12(14)15-5-10(11)13(19)16-4-9-6-20-7-17-9/h3,5-8H,4H2,1-2H3,(H,16,19)(H3,14,15,18). The summed E-state index contributed by atoms with van der Waals surface area (Å²) in [6.45, 7) is 4.25. The Hall–Kier alpha value is -2.57. The first-order chi connectivity index (χ1) is 9.56. The molecule has 0 spiro atoms. The van der Waals surface area contributed by atoms with Gasteiger partial charge in [0.1, 0.15) is 12.1 Å². The maximum absolute atomic E-state index is 12.2. The maximum Gasteiger partial charge on any atom is 0.255 e. The number of nitrogens with zero attached hydrogens (tertiary/aromatic N) is 2. The van der Waals surface area contributed by atoms with Crippen LogP contribution in [0.2, 0.25) is 0 Å². The Bertz CT molecular complexity index is 580. The van der Waals surface area contributed by atoms with E-state index in [0.29, 0.717) is 29.3 Å². The van der Waals surface area contributed by atoms with Crippen molar-refractivity contribution in [1.82, 2.24) is 15.3 Å². The first-order valence-corrected chi connectivity index (χ1v) is 6.23. The van der Waals surface area contributed by atoms with Crippen LogP contribution in [0, 0.1) is 0 Å². The summed E-state index contributed by atoms with van der Waals surface area (Å²) in [5.74, 6) is 0.116. The molecule has 7 nitrogen and oxygen atoms in total. The topological polar surface area (TPSA) is 106 Å². The lowest BCUT2D eigenvalue weighted by molar-refractivity contribution is 0.0951. The molecule has 0 radical (unpaired) electrons. The van der Waals surface area contributed by atoms with Crippen molar-refractivity contribution in [3.63, 3.8) is 0 Å². The first-order valence-electron chi connectivity index (χ1n) is 6.23. The van der Waals surface area contributed by atoms with Crippen molar-refractivity contribution in [2.24, 2.45) is 0 Å². The Morgan fingerprint density at radius 1 is 1.45 bits per heavy atom. The highest BCUT2D eigenvalue weighted by atomic mass is 16.3. The lowest BCUT2D eigenvalue weighted by atomic mass is 10.2. The van der Waals surface area contributed by atoms with E-state index in [0.717, 1.165) is 0 Å². The van der Waals surface area contributed by atoms with Gasteiger partial charge in [0.15, 0.2) is 6.39 Å². The normalized spacial score (nSPS) is 10.6. The highest BCUT2D eigenvalue weighted by Crippen LogP contribution is 2.18. The molecular formula is C13H17N5O2. The maximum atomic E-state index is 12.2. The molecule has 0 unspecified atom stereocenters. The SMILES string of the molecule is CC(C)Nc1cc(N)ncc1C(=O)NCc1cocn1. The summed E-state index contributed by atoms with van der Waals surface area (Å²) in [5.41, 5.74) is 7.40. The van der Waals surface area contributed by atoms with Crippen LogP contribution in [0.1, 0.15) is 29.9 Å². The summed E-state index contributed by atoms with van der Waals surface area (Å²) in [6.07, 6.45) is 4.25. The Morgan fingerprint density at radius 2 is 2.25 bits per heavy atom. The van der Waals surface area contributed by atoms with E-state index in [1.54, 1.807) is 6.07 Å². The zero-order chi connectivity index (χ0) is 14.5. The number of nitrogens with one attached hydrogen (secondary N) is 2. The van der Waals surface area contributed by atoms with Crippen LogP contribution in [0.15, 0.2) is 29.3 Å². The second kappa shape index (κ2) is 6.05. The molecule has 0 aromatic carbocycles. The summed E-state index contributed by atoms with van der Waals surface area (Å²) < 4.78 is 4.84. The lowest BCUT2D eigenvalue weighted by Crippen LogP contribution is -2.25. The van der Waals surface area contributed by atoms with Crippen molar-refractivity contribution in [3.8, 4) is 0 Å². The van der Waals surface area contributed by atoms with E-state index in [2.05, 4.69) is 20.6 Å². The summed E-state index contributed by atoms with van der Waals surface area (Å²) in [6, 6.07) is 1.82. The van der Waals surface area contributed by atoms with Gasteiger partial charge in [0.05, 0.1) is 23.5 Å². The zero-order valence-electron chi connectivity index (χ0n) is 11.4. The molecule has 7 heteroatoms. The third-order valence-corrected chi connectivity index (χ3v) is 2.53. The van der Waals surface area contributed by atoms with E-state index in [4.69, 9.17) is 10.2 Å². The molecule has 0 atom stereocenters. The average molecular weight is 275 g/mol. The highest BCUT2D eigenvalue weighted by molar-refractivity contribution is 5.99. The van der Waals surface area contributed by atoms with Crippen molar-refractivity contribution in [2.75, 3.05) is 11.1 Å². The minimum absolute atomic E-state index is 0.180. The molecule has 0 bridgehead atoms. The molecule has 0 aliphatic heterocycles. The van der Waals surface area contributed by atoms with Crippen LogP contribution in [0.25, 0.3) is 0 Å². The van der Waals surface area contributed by atoms with Gasteiger partial charge in [0.25, 0.3) is 5.91 Å². The van der Waals surface area contributed by atoms with E-state index in [9.17, 15) is 4.79 Å². The predicted molar refractivity (Wildman–Crippen MR) is 75.1 cm³/mol. The molecule has 0 aliphatic rings. The summed E-state index contributed by atoms with van der Waals surface area (Å²) in [5, 5.41) is 5.93. The molecule has 4 N–H and O–H groups in total. The molecule has 2 aromatic heterocycles. The number of nitrogens with two attached hydrogens (primary N) is 1. The molecular weight excluding hydrogens is 258 g/mol. The number of carbonyl (C=O) groups is 1. The van der Waals surface area contributed by atoms with E-state index in [-0.39, 0.29) is 11.9 Å². The number of hydrogen-bond donors (Lipinski definition) is 3. The number of oxazole rings is 1. The van der Waals surface area contributed by atoms with Gasteiger partial charge in [0.2, 0.25) is 0 Å². The molecule has 0 saturated heterocycles. The molecule has 2 rings (SSSR count). The van der Waals surface area contributed by atoms with Crippen LogP contribution in [-0.2, 0) is 6.54 Å². The van der Waals surface area contributed by atoms with Gasteiger partial charge in [-0.3, -0.25) is 4.79 Å². The fourth-order valence-electron chi connectivity index (χ4n) is 1.67. The van der Waals surface area contributed by atoms with E-state index in [1.165, 1.54) is 18.9 Å². The minimum atomic E-state index is -0.247. The Balaban J connectivity index is 2.12. The quantitative estimate of drug-likeness (QED) is 0.761. The molecule has 0 aliphatic carbocycles. The number of pyridine rings is 1. The van der Waals surface area contributed by atoms with Gasteiger partial charge in [0, 0.05) is 18.3 Å². The largest absolute Gasteiger partial charge is 0.451 e. The zero-order valence-corrected chi connectivity index (χ0v) is 11.4. The van der Waals surface area contributed by atoms with Gasteiger partial charge >= 0.3 is 0 Å². The van der Waals surface area contributed by atoms with Gasteiger partial charge in [-0.2, -0.15) is 0 Å². The van der Waals surface area contributed by atoms with Gasteiger partial charge in [-0.05, 0) is 13.8 Å². The van der Waals surface area contributed by atoms with E-state index >= 15 is 0 Å². The van der Waals surface area contributed by atoms with E-state index < -0.39 is 0 Å². The lowest BCUT2D eigenvalue weighted by Gasteiger charge is -2.14. The van der Waals surface area contributed by atoms with Crippen molar-refractivity contribution in [2.45, 2.75) is 26.4 Å². The number of rotatable bonds is 5. The number of anilines is 2. The van der Waals surface area contributed by atoms with Gasteiger partial charge in [-0.25, -0.2) is 9.97 Å². The van der Waals surface area contributed by atoms with Crippen LogP contribution in [0.4, 0.5) is 11.5 Å². The van der Waals surface area contributed by atoms with Gasteiger partial charge < -0.3 is 20.8 Å². The second-order valence-corrected chi connectivity index (χ2v) is 4.62. The Morgan fingerprint density at radius 3 is 2.90 bits per heavy atom. The third kappa shape index (κ3) is 3.47. The van der Waals surface area contributed by atoms with Crippen molar-refractivity contribution in [1.29, 1.82) is 0 Å². The number of hydrogen-bond acceptors (Lipinski definition) is 6. The Kier molecular flexibility index (Phi) is 4.19. The number of nitrogen functional groups attached to an aromatic ring is 1. The first kappa shape index (κ1) is 13.9. The van der Waals surface area contributed by atoms with Crippen molar-refractivity contribution in [3.05, 3.63) is 36.2 Å². The number of carbonyl (C=O) groups excluding carboxylic acids is 1. The molecule has 0 saturated carbocycles. The molecule has 106 valence electrons. The molecule has 20 heavy (non-hydrogen) atoms. The summed E-state index contributed by atoms with van der Waals surface area (Å²) in [4.78, 5) is 20.1. The van der Waals surface area contributed by atoms with Crippen LogP contribution in [0.5, 0.6) is 0 Å². The van der Waals surface area contributed by atoms with Crippen molar-refractivity contribution < 1.29 is 9.21 Å². The highest BCUT2D eigenvalue weighted by Gasteiger charge is 2.13. The van der Waals surface area contributed by atoms with Gasteiger partial charge in [-0.1, -0.05) is 0 Å². The van der Waals surface area contributed by atoms with Crippen LogP contribution >= 0.6 is 0 Å². The van der Waals surface area contributed by atoms with Crippen LogP contribution in [-0.4, -0.2) is 21.9 Å². The number of aromatic nitrogens is 2. The fourth-order valence-corrected chi connectivity index (χ4v) is 1.67.